The van der Waals surface area contributed by atoms with Gasteiger partial charge in [0.05, 0.1) is 29.8 Å². The van der Waals surface area contributed by atoms with Gasteiger partial charge in [-0.3, -0.25) is 0 Å². The third-order valence-corrected chi connectivity index (χ3v) is 7.55. The topological polar surface area (TPSA) is 68.8 Å². The Morgan fingerprint density at radius 2 is 1.47 bits per heavy atom. The van der Waals surface area contributed by atoms with E-state index >= 15 is 4.39 Å². The van der Waals surface area contributed by atoms with Crippen molar-refractivity contribution in [2.75, 3.05) is 12.4 Å². The van der Waals surface area contributed by atoms with Crippen molar-refractivity contribution in [2.45, 2.75) is 15.3 Å². The molecule has 34 heavy (non-hydrogen) atoms. The lowest BCUT2D eigenvalue weighted by atomic mass is 9.81. The van der Waals surface area contributed by atoms with Gasteiger partial charge in [0.15, 0.2) is 11.4 Å². The van der Waals surface area contributed by atoms with Crippen LogP contribution in [0.4, 0.5) is 10.1 Å². The zero-order chi connectivity index (χ0) is 24.0. The number of nitrogens with one attached hydrogen (secondary N) is 1. The number of halogens is 1. The van der Waals surface area contributed by atoms with Gasteiger partial charge in [0.25, 0.3) is 0 Å². The number of thioether (sulfide) groups is 2. The normalized spacial score (nSPS) is 19.5. The minimum atomic E-state index is -1.92. The van der Waals surface area contributed by atoms with Crippen LogP contribution in [0.3, 0.4) is 0 Å². The van der Waals surface area contributed by atoms with Crippen LogP contribution in [0.2, 0.25) is 0 Å². The third kappa shape index (κ3) is 4.68. The highest BCUT2D eigenvalue weighted by molar-refractivity contribution is 8.08. The van der Waals surface area contributed by atoms with E-state index in [1.54, 1.807) is 30.3 Å². The summed E-state index contributed by atoms with van der Waals surface area (Å²) in [7, 11) is 1.50. The molecule has 1 aliphatic rings. The average Bonchev–Trinajstić information content (AvgIpc) is 2.89. The van der Waals surface area contributed by atoms with E-state index in [0.717, 1.165) is 9.79 Å². The lowest BCUT2D eigenvalue weighted by Gasteiger charge is -2.35. The van der Waals surface area contributed by atoms with E-state index in [0.29, 0.717) is 21.2 Å². The van der Waals surface area contributed by atoms with Gasteiger partial charge in [0.1, 0.15) is 11.7 Å². The summed E-state index contributed by atoms with van der Waals surface area (Å²) < 4.78 is 21.9. The largest absolute Gasteiger partial charge is 0.495 e. The van der Waals surface area contributed by atoms with Gasteiger partial charge < -0.3 is 10.1 Å². The minimum Gasteiger partial charge on any atom is -0.495 e. The van der Waals surface area contributed by atoms with E-state index in [4.69, 9.17) is 4.74 Å². The summed E-state index contributed by atoms with van der Waals surface area (Å²) in [6.45, 7) is 0. The molecular weight excluding hydrogens is 465 g/mol. The highest BCUT2D eigenvalue weighted by Crippen LogP contribution is 2.51. The predicted octanol–water partition coefficient (Wildman–Crippen LogP) is 7.17. The molecular formula is C27H20FN3OS2. The number of benzene rings is 3. The fraction of sp³-hybridized carbons (Fsp3) is 0.111. The second kappa shape index (κ2) is 10.5. The van der Waals surface area contributed by atoms with E-state index in [1.165, 1.54) is 30.6 Å². The quantitative estimate of drug-likeness (QED) is 0.382. The van der Waals surface area contributed by atoms with Crippen LogP contribution in [0.25, 0.3) is 0 Å². The van der Waals surface area contributed by atoms with Crippen LogP contribution >= 0.6 is 23.5 Å². The molecule has 1 N–H and O–H groups in total. The Balaban J connectivity index is 1.84. The molecule has 0 spiro atoms. The molecule has 0 saturated heterocycles. The maximum absolute atomic E-state index is 16.5. The molecule has 168 valence electrons. The van der Waals surface area contributed by atoms with Gasteiger partial charge in [-0.05, 0) is 42.5 Å². The summed E-state index contributed by atoms with van der Waals surface area (Å²) in [5.41, 5.74) is -1.49. The first-order valence-corrected chi connectivity index (χ1v) is 12.0. The highest BCUT2D eigenvalue weighted by Gasteiger charge is 2.49. The van der Waals surface area contributed by atoms with Crippen LogP contribution in [0.1, 0.15) is 0 Å². The van der Waals surface area contributed by atoms with E-state index in [1.807, 2.05) is 60.7 Å². The lowest BCUT2D eigenvalue weighted by molar-refractivity contribution is 0.410. The van der Waals surface area contributed by atoms with Gasteiger partial charge in [-0.15, -0.1) is 0 Å². The monoisotopic (exact) mass is 485 g/mol. The molecule has 0 bridgehead atoms. The molecule has 0 fully saturated rings. The van der Waals surface area contributed by atoms with Crippen LogP contribution < -0.4 is 10.1 Å². The van der Waals surface area contributed by atoms with Gasteiger partial charge in [0.2, 0.25) is 0 Å². The van der Waals surface area contributed by atoms with Crippen molar-refractivity contribution >= 4 is 29.2 Å². The Hall–Kier alpha value is -3.65. The van der Waals surface area contributed by atoms with Crippen molar-refractivity contribution in [1.29, 1.82) is 10.5 Å². The Bertz CT molecular complexity index is 1310. The molecule has 3 aromatic carbocycles. The molecule has 0 heterocycles. The van der Waals surface area contributed by atoms with Gasteiger partial charge in [0, 0.05) is 14.7 Å². The number of ether oxygens (including phenoxy) is 1. The molecule has 3 aromatic rings. The summed E-state index contributed by atoms with van der Waals surface area (Å²) in [6.07, 6.45) is 1.68. The summed E-state index contributed by atoms with van der Waals surface area (Å²) in [6, 6.07) is 30.1. The second-order valence-corrected chi connectivity index (χ2v) is 9.56. The zero-order valence-corrected chi connectivity index (χ0v) is 19.9. The van der Waals surface area contributed by atoms with Crippen LogP contribution in [-0.2, 0) is 0 Å². The number of rotatable bonds is 7. The number of hydrogen-bond donors (Lipinski definition) is 1. The van der Waals surface area contributed by atoms with E-state index < -0.39 is 17.3 Å². The predicted molar refractivity (Wildman–Crippen MR) is 135 cm³/mol. The van der Waals surface area contributed by atoms with Crippen LogP contribution in [0, 0.1) is 28.6 Å². The SMILES string of the molecule is COc1ccccc1NC1(C#N)C(F)=C(Sc2ccccc2)C(Sc2ccccc2)=CC1C#N. The smallest absolute Gasteiger partial charge is 0.198 e. The van der Waals surface area contributed by atoms with Crippen molar-refractivity contribution in [3.05, 3.63) is 107 Å². The van der Waals surface area contributed by atoms with Gasteiger partial charge >= 0.3 is 0 Å². The summed E-state index contributed by atoms with van der Waals surface area (Å²) in [5.74, 6) is -1.32. The Labute approximate surface area is 206 Å². The molecule has 1 aliphatic carbocycles. The van der Waals surface area contributed by atoms with E-state index in [2.05, 4.69) is 17.5 Å². The number of nitrogens with zero attached hydrogens (tertiary/aromatic N) is 2. The van der Waals surface area contributed by atoms with Crippen molar-refractivity contribution < 1.29 is 9.13 Å². The Kier molecular flexibility index (Phi) is 7.27. The molecule has 0 radical (unpaired) electrons. The highest BCUT2D eigenvalue weighted by atomic mass is 32.2. The number of anilines is 1. The summed E-state index contributed by atoms with van der Waals surface area (Å²) in [5, 5.41) is 23.3. The first-order chi connectivity index (χ1) is 16.6. The van der Waals surface area contributed by atoms with Crippen LogP contribution in [-0.4, -0.2) is 12.6 Å². The first kappa shape index (κ1) is 23.5. The van der Waals surface area contributed by atoms with E-state index in [-0.39, 0.29) is 0 Å². The number of hydrogen-bond acceptors (Lipinski definition) is 6. The van der Waals surface area contributed by atoms with Crippen LogP contribution in [0.5, 0.6) is 5.75 Å². The molecule has 2 atom stereocenters. The standard InChI is InChI=1S/C27H20FN3OS2/c1-32-23-15-9-8-14-22(23)31-27(18-30)19(17-29)16-24(33-20-10-4-2-5-11-20)25(26(27)28)34-21-12-6-3-7-13-21/h2-16,19,31H,1H3. The fourth-order valence-corrected chi connectivity index (χ4v) is 5.68. The molecule has 0 aliphatic heterocycles. The van der Waals surface area contributed by atoms with Crippen molar-refractivity contribution in [3.63, 3.8) is 0 Å². The lowest BCUT2D eigenvalue weighted by Crippen LogP contribution is -2.46. The van der Waals surface area contributed by atoms with Crippen molar-refractivity contribution in [1.82, 2.24) is 0 Å². The molecule has 4 nitrogen and oxygen atoms in total. The summed E-state index contributed by atoms with van der Waals surface area (Å²) in [4.78, 5) is 2.63. The Morgan fingerprint density at radius 1 is 0.882 bits per heavy atom. The molecule has 0 aromatic heterocycles. The maximum atomic E-state index is 16.5. The third-order valence-electron chi connectivity index (χ3n) is 5.24. The van der Waals surface area contributed by atoms with Gasteiger partial charge in [-0.1, -0.05) is 72.1 Å². The van der Waals surface area contributed by atoms with Crippen LogP contribution in [0.15, 0.2) is 116 Å². The van der Waals surface area contributed by atoms with E-state index in [9.17, 15) is 10.5 Å². The minimum absolute atomic E-state index is 0.301. The van der Waals surface area contributed by atoms with Gasteiger partial charge in [-0.2, -0.15) is 10.5 Å². The fourth-order valence-electron chi connectivity index (χ4n) is 3.55. The number of para-hydroxylation sites is 2. The first-order valence-electron chi connectivity index (χ1n) is 10.4. The number of nitriles is 2. The summed E-state index contributed by atoms with van der Waals surface area (Å²) >= 11 is 2.60. The molecule has 0 saturated carbocycles. The molecule has 2 unspecified atom stereocenters. The van der Waals surface area contributed by atoms with Gasteiger partial charge in [-0.25, -0.2) is 4.39 Å². The van der Waals surface area contributed by atoms with Crippen molar-refractivity contribution in [2.24, 2.45) is 5.92 Å². The zero-order valence-electron chi connectivity index (χ0n) is 18.2. The maximum Gasteiger partial charge on any atom is 0.198 e. The number of methoxy groups -OCH3 is 1. The average molecular weight is 486 g/mol. The Morgan fingerprint density at radius 3 is 2.06 bits per heavy atom. The van der Waals surface area contributed by atoms with Crippen molar-refractivity contribution in [3.8, 4) is 17.9 Å². The molecule has 7 heteroatoms. The molecule has 0 amide bonds. The molecule has 4 rings (SSSR count). The second-order valence-electron chi connectivity index (χ2n) is 7.36.